The number of hydrogen-bond acceptors (Lipinski definition) is 0. The third-order valence-electron chi connectivity index (χ3n) is 5.18. The smallest absolute Gasteiger partial charge is 0.0626 e. The minimum absolute atomic E-state index is 1.16. The van der Waals surface area contributed by atoms with Gasteiger partial charge in [-0.2, -0.15) is 0 Å². The van der Waals surface area contributed by atoms with Gasteiger partial charge in [0.1, 0.15) is 0 Å². The zero-order valence-corrected chi connectivity index (χ0v) is 14.3. The Kier molecular flexibility index (Phi) is 2.28. The van der Waals surface area contributed by atoms with Gasteiger partial charge in [-0.15, -0.1) is 0 Å². The van der Waals surface area contributed by atoms with Gasteiger partial charge in [0.25, 0.3) is 0 Å². The third-order valence-corrected chi connectivity index (χ3v) is 5.83. The van der Waals surface area contributed by atoms with Gasteiger partial charge in [0.15, 0.2) is 0 Å². The highest BCUT2D eigenvalue weighted by atomic mass is 79.9. The summed E-state index contributed by atoms with van der Waals surface area (Å²) < 4.78 is 3.59. The van der Waals surface area contributed by atoms with Crippen LogP contribution in [0.2, 0.25) is 0 Å². The molecule has 24 heavy (non-hydrogen) atoms. The fourth-order valence-electron chi connectivity index (χ4n) is 4.24. The molecule has 0 unspecified atom stereocenters. The number of para-hydroxylation sites is 2. The van der Waals surface area contributed by atoms with Crippen LogP contribution in [0.25, 0.3) is 48.9 Å². The van der Waals surface area contributed by atoms with E-state index in [0.29, 0.717) is 0 Å². The molecule has 0 saturated carbocycles. The molecule has 2 heterocycles. The highest BCUT2D eigenvalue weighted by molar-refractivity contribution is 9.10. The second-order valence-electron chi connectivity index (χ2n) is 6.35. The monoisotopic (exact) mass is 369 g/mol. The first kappa shape index (κ1) is 12.8. The molecule has 0 radical (unpaired) electrons. The second kappa shape index (κ2) is 4.28. The molecular weight excluding hydrogens is 358 g/mol. The summed E-state index contributed by atoms with van der Waals surface area (Å²) in [6.07, 6.45) is 0. The molecule has 2 aromatic heterocycles. The molecule has 6 rings (SSSR count). The Balaban J connectivity index is 2.18. The van der Waals surface area contributed by atoms with E-state index in [1.807, 2.05) is 0 Å². The fourth-order valence-corrected chi connectivity index (χ4v) is 4.80. The average Bonchev–Trinajstić information content (AvgIpc) is 2.97. The van der Waals surface area contributed by atoms with E-state index in [1.54, 1.807) is 0 Å². The van der Waals surface area contributed by atoms with Gasteiger partial charge in [0.05, 0.1) is 16.6 Å². The number of pyridine rings is 1. The minimum atomic E-state index is 1.16. The molecule has 2 heteroatoms. The van der Waals surface area contributed by atoms with Gasteiger partial charge >= 0.3 is 0 Å². The predicted molar refractivity (Wildman–Crippen MR) is 106 cm³/mol. The molecule has 0 N–H and O–H groups in total. The van der Waals surface area contributed by atoms with Crippen LogP contribution in [-0.2, 0) is 0 Å². The van der Waals surface area contributed by atoms with Crippen molar-refractivity contribution in [2.24, 2.45) is 0 Å². The van der Waals surface area contributed by atoms with Crippen LogP contribution in [0.1, 0.15) is 0 Å². The Morgan fingerprint density at radius 1 is 0.583 bits per heavy atom. The molecule has 112 valence electrons. The number of nitrogens with zero attached hydrogens (tertiary/aromatic N) is 1. The zero-order chi connectivity index (χ0) is 15.8. The molecule has 0 atom stereocenters. The van der Waals surface area contributed by atoms with Crippen LogP contribution >= 0.6 is 15.9 Å². The van der Waals surface area contributed by atoms with E-state index >= 15 is 0 Å². The molecule has 0 spiro atoms. The number of fused-ring (bicyclic) bond motifs is 6. The minimum Gasteiger partial charge on any atom is -0.308 e. The van der Waals surface area contributed by atoms with Gasteiger partial charge in [-0.1, -0.05) is 70.5 Å². The van der Waals surface area contributed by atoms with Crippen LogP contribution in [0, 0.1) is 0 Å². The van der Waals surface area contributed by atoms with Crippen LogP contribution in [0.3, 0.4) is 0 Å². The quantitative estimate of drug-likeness (QED) is 0.206. The molecular formula is C22H12BrN. The normalized spacial score (nSPS) is 12.4. The lowest BCUT2D eigenvalue weighted by Gasteiger charge is -2.13. The first-order valence-electron chi connectivity index (χ1n) is 8.09. The predicted octanol–water partition coefficient (Wildman–Crippen LogP) is 6.75. The summed E-state index contributed by atoms with van der Waals surface area (Å²) >= 11 is 3.80. The summed E-state index contributed by atoms with van der Waals surface area (Å²) in [5, 5.41) is 7.87. The molecule has 0 aliphatic rings. The Labute approximate surface area is 146 Å². The average molecular weight is 370 g/mol. The molecule has 0 amide bonds. The maximum Gasteiger partial charge on any atom is 0.0626 e. The Hall–Kier alpha value is -2.58. The molecule has 0 fully saturated rings. The van der Waals surface area contributed by atoms with Crippen molar-refractivity contribution in [3.63, 3.8) is 0 Å². The van der Waals surface area contributed by atoms with E-state index in [4.69, 9.17) is 0 Å². The van der Waals surface area contributed by atoms with Crippen LogP contribution in [0.5, 0.6) is 0 Å². The van der Waals surface area contributed by atoms with Gasteiger partial charge in [-0.25, -0.2) is 0 Å². The lowest BCUT2D eigenvalue weighted by molar-refractivity contribution is 1.35. The maximum absolute atomic E-state index is 3.80. The maximum atomic E-state index is 3.80. The van der Waals surface area contributed by atoms with Crippen molar-refractivity contribution in [2.45, 2.75) is 0 Å². The van der Waals surface area contributed by atoms with Gasteiger partial charge in [0.2, 0.25) is 0 Å². The lowest BCUT2D eigenvalue weighted by atomic mass is 9.99. The summed E-state index contributed by atoms with van der Waals surface area (Å²) in [6.45, 7) is 0. The molecule has 0 aliphatic carbocycles. The summed E-state index contributed by atoms with van der Waals surface area (Å²) in [5.41, 5.74) is 3.86. The molecule has 0 aliphatic heterocycles. The van der Waals surface area contributed by atoms with Crippen molar-refractivity contribution in [2.75, 3.05) is 0 Å². The Morgan fingerprint density at radius 3 is 1.92 bits per heavy atom. The molecule has 4 aromatic carbocycles. The largest absolute Gasteiger partial charge is 0.308 e. The second-order valence-corrected chi connectivity index (χ2v) is 7.21. The van der Waals surface area contributed by atoms with E-state index in [0.717, 1.165) is 4.47 Å². The van der Waals surface area contributed by atoms with Crippen molar-refractivity contribution in [3.8, 4) is 0 Å². The number of benzene rings is 4. The van der Waals surface area contributed by atoms with E-state index in [9.17, 15) is 0 Å². The van der Waals surface area contributed by atoms with E-state index < -0.39 is 0 Å². The van der Waals surface area contributed by atoms with Crippen molar-refractivity contribution < 1.29 is 0 Å². The topological polar surface area (TPSA) is 4.41 Å². The van der Waals surface area contributed by atoms with Crippen LogP contribution in [0.15, 0.2) is 77.3 Å². The standard InChI is InChI=1S/C22H12BrN/c23-18-12-17-14-7-2-4-11-20(14)24-19-10-3-1-6-13(19)15-8-5-9-16(18)21(15)22(17)24/h1-12H. The summed E-state index contributed by atoms with van der Waals surface area (Å²) in [5.74, 6) is 0. The number of rotatable bonds is 0. The van der Waals surface area contributed by atoms with Gasteiger partial charge in [0, 0.05) is 26.0 Å². The first-order valence-corrected chi connectivity index (χ1v) is 8.88. The zero-order valence-electron chi connectivity index (χ0n) is 12.8. The van der Waals surface area contributed by atoms with Crippen LogP contribution in [0.4, 0.5) is 0 Å². The van der Waals surface area contributed by atoms with Gasteiger partial charge in [-0.05, 0) is 29.0 Å². The number of aromatic nitrogens is 1. The van der Waals surface area contributed by atoms with E-state index in [2.05, 4.69) is 93.1 Å². The Morgan fingerprint density at radius 2 is 1.17 bits per heavy atom. The summed E-state index contributed by atoms with van der Waals surface area (Å²) in [6, 6.07) is 26.3. The van der Waals surface area contributed by atoms with Crippen LogP contribution < -0.4 is 0 Å². The summed E-state index contributed by atoms with van der Waals surface area (Å²) in [7, 11) is 0. The molecule has 1 nitrogen and oxygen atoms in total. The van der Waals surface area contributed by atoms with E-state index in [-0.39, 0.29) is 0 Å². The highest BCUT2D eigenvalue weighted by Crippen LogP contribution is 2.43. The number of hydrogen-bond donors (Lipinski definition) is 0. The summed E-state index contributed by atoms with van der Waals surface area (Å²) in [4.78, 5) is 0. The van der Waals surface area contributed by atoms with Crippen molar-refractivity contribution >= 4 is 64.8 Å². The third kappa shape index (κ3) is 1.37. The lowest BCUT2D eigenvalue weighted by Crippen LogP contribution is -1.92. The highest BCUT2D eigenvalue weighted by Gasteiger charge is 2.18. The van der Waals surface area contributed by atoms with Gasteiger partial charge < -0.3 is 4.40 Å². The van der Waals surface area contributed by atoms with Crippen molar-refractivity contribution in [1.29, 1.82) is 0 Å². The molecule has 6 aromatic rings. The fraction of sp³-hybridized carbons (Fsp3) is 0. The van der Waals surface area contributed by atoms with Crippen LogP contribution in [-0.4, -0.2) is 4.40 Å². The SMILES string of the molecule is Brc1cc2c3ccccc3n3c4ccccc4c4cccc1c4c23. The first-order chi connectivity index (χ1) is 11.8. The molecule has 0 bridgehead atoms. The van der Waals surface area contributed by atoms with Crippen molar-refractivity contribution in [1.82, 2.24) is 4.40 Å². The van der Waals surface area contributed by atoms with E-state index in [1.165, 1.54) is 48.9 Å². The number of halogens is 1. The van der Waals surface area contributed by atoms with Crippen molar-refractivity contribution in [3.05, 3.63) is 77.3 Å². The Bertz CT molecular complexity index is 1400. The van der Waals surface area contributed by atoms with Gasteiger partial charge in [-0.3, -0.25) is 0 Å². The molecule has 0 saturated heterocycles.